The molecule has 2 aliphatic heterocycles. The minimum atomic E-state index is -0.819. The lowest BCUT2D eigenvalue weighted by Crippen LogP contribution is -2.44. The van der Waals surface area contributed by atoms with Crippen LogP contribution in [0.5, 0.6) is 0 Å². The van der Waals surface area contributed by atoms with E-state index in [4.69, 9.17) is 13.9 Å². The molecule has 3 heterocycles. The Hall–Kier alpha value is -3.09. The van der Waals surface area contributed by atoms with Crippen LogP contribution in [0.25, 0.3) is 5.57 Å². The van der Waals surface area contributed by atoms with E-state index in [-0.39, 0.29) is 35.2 Å². The maximum Gasteiger partial charge on any atom is 0.351 e. The molecule has 34 heavy (non-hydrogen) atoms. The number of aryl methyl sites for hydroxylation is 1. The summed E-state index contributed by atoms with van der Waals surface area (Å²) < 4.78 is 15.8. The van der Waals surface area contributed by atoms with Gasteiger partial charge in [0.25, 0.3) is 0 Å². The smallest absolute Gasteiger partial charge is 0.351 e. The second-order valence-corrected chi connectivity index (χ2v) is 10.5. The van der Waals surface area contributed by atoms with Gasteiger partial charge >= 0.3 is 17.6 Å². The molecule has 0 bridgehead atoms. The summed E-state index contributed by atoms with van der Waals surface area (Å²) in [5.74, 6) is -0.900. The zero-order valence-electron chi connectivity index (χ0n) is 21.1. The van der Waals surface area contributed by atoms with Crippen LogP contribution in [-0.2, 0) is 14.3 Å². The van der Waals surface area contributed by atoms with Crippen molar-refractivity contribution in [3.8, 4) is 0 Å². The standard InChI is InChI=1S/C27H35NO6/c1-16(2)23(29)32-13-14-33-24(30)19-15-17(3)22(34-25(19)31)20-21-18(4)26(5,6)9-11-28(21)12-10-27(20,7)8/h15H,1,4,9-14H2,2-3,5-8H3. The average Bonchev–Trinajstić information content (AvgIpc) is 2.75. The van der Waals surface area contributed by atoms with Gasteiger partial charge in [0.15, 0.2) is 0 Å². The maximum absolute atomic E-state index is 12.9. The number of ether oxygens (including phenoxy) is 2. The molecule has 0 unspecified atom stereocenters. The first kappa shape index (κ1) is 25.5. The van der Waals surface area contributed by atoms with E-state index >= 15 is 0 Å². The Balaban J connectivity index is 1.93. The van der Waals surface area contributed by atoms with Gasteiger partial charge in [-0.3, -0.25) is 0 Å². The van der Waals surface area contributed by atoms with Crippen molar-refractivity contribution in [2.75, 3.05) is 26.3 Å². The van der Waals surface area contributed by atoms with E-state index in [0.29, 0.717) is 11.3 Å². The normalized spacial score (nSPS) is 18.9. The van der Waals surface area contributed by atoms with Gasteiger partial charge in [-0.2, -0.15) is 0 Å². The number of carbonyl (C=O) groups excluding carboxylic acids is 2. The molecule has 0 saturated carbocycles. The van der Waals surface area contributed by atoms with Gasteiger partial charge in [0.2, 0.25) is 0 Å². The van der Waals surface area contributed by atoms with Crippen molar-refractivity contribution in [1.82, 2.24) is 4.90 Å². The van der Waals surface area contributed by atoms with E-state index in [2.05, 4.69) is 45.8 Å². The zero-order valence-corrected chi connectivity index (χ0v) is 21.1. The van der Waals surface area contributed by atoms with E-state index < -0.39 is 17.6 Å². The van der Waals surface area contributed by atoms with Crippen molar-refractivity contribution >= 4 is 17.5 Å². The highest BCUT2D eigenvalue weighted by Gasteiger charge is 2.43. The first-order chi connectivity index (χ1) is 15.8. The highest BCUT2D eigenvalue weighted by Crippen LogP contribution is 2.52. The Morgan fingerprint density at radius 1 is 1.09 bits per heavy atom. The fraction of sp³-hybridized carbons (Fsp3) is 0.519. The highest BCUT2D eigenvalue weighted by molar-refractivity contribution is 5.90. The molecular formula is C27H35NO6. The molecule has 1 fully saturated rings. The van der Waals surface area contributed by atoms with Crippen LogP contribution in [0.3, 0.4) is 0 Å². The molecule has 0 N–H and O–H groups in total. The van der Waals surface area contributed by atoms with Crippen LogP contribution in [0, 0.1) is 17.8 Å². The van der Waals surface area contributed by atoms with E-state index in [9.17, 15) is 14.4 Å². The Morgan fingerprint density at radius 3 is 2.29 bits per heavy atom. The number of hydrogen-bond acceptors (Lipinski definition) is 7. The van der Waals surface area contributed by atoms with Crippen molar-refractivity contribution in [1.29, 1.82) is 0 Å². The number of carbonyl (C=O) groups is 2. The van der Waals surface area contributed by atoms with Crippen molar-refractivity contribution in [3.05, 3.63) is 63.4 Å². The number of hydrogen-bond donors (Lipinski definition) is 0. The van der Waals surface area contributed by atoms with Crippen LogP contribution in [0.2, 0.25) is 0 Å². The third-order valence-corrected chi connectivity index (χ3v) is 6.82. The van der Waals surface area contributed by atoms with Gasteiger partial charge in [0.05, 0.1) is 0 Å². The van der Waals surface area contributed by atoms with Crippen molar-refractivity contribution < 1.29 is 23.5 Å². The van der Waals surface area contributed by atoms with Gasteiger partial charge in [-0.25, -0.2) is 14.4 Å². The van der Waals surface area contributed by atoms with Gasteiger partial charge in [0.1, 0.15) is 24.5 Å². The van der Waals surface area contributed by atoms with Gasteiger partial charge in [-0.15, -0.1) is 0 Å². The van der Waals surface area contributed by atoms with Crippen LogP contribution >= 0.6 is 0 Å². The van der Waals surface area contributed by atoms with E-state index in [1.54, 1.807) is 0 Å². The highest BCUT2D eigenvalue weighted by atomic mass is 16.6. The van der Waals surface area contributed by atoms with E-state index in [1.165, 1.54) is 13.0 Å². The van der Waals surface area contributed by atoms with Crippen LogP contribution in [0.15, 0.2) is 45.3 Å². The maximum atomic E-state index is 12.9. The van der Waals surface area contributed by atoms with Crippen molar-refractivity contribution in [3.63, 3.8) is 0 Å². The Kier molecular flexibility index (Phi) is 6.97. The lowest BCUT2D eigenvalue weighted by Gasteiger charge is -2.49. The van der Waals surface area contributed by atoms with Crippen LogP contribution in [0.1, 0.15) is 69.1 Å². The molecule has 184 valence electrons. The first-order valence-corrected chi connectivity index (χ1v) is 11.6. The summed E-state index contributed by atoms with van der Waals surface area (Å²) in [4.78, 5) is 39.1. The van der Waals surface area contributed by atoms with Gasteiger partial charge in [0, 0.05) is 29.9 Å². The second-order valence-electron chi connectivity index (χ2n) is 10.5. The SMILES string of the molecule is C=C(C)C(=O)OCCOC(=O)c1cc(C)c(C2=C3C(=C)C(C)(C)CCN3CCC2(C)C)oc1=O. The molecule has 3 rings (SSSR count). The number of allylic oxidation sites excluding steroid dienone is 2. The second kappa shape index (κ2) is 9.28. The zero-order chi connectivity index (χ0) is 25.4. The molecule has 1 aromatic rings. The molecule has 7 heteroatoms. The summed E-state index contributed by atoms with van der Waals surface area (Å²) in [5, 5.41) is 0. The summed E-state index contributed by atoms with van der Waals surface area (Å²) in [7, 11) is 0. The third-order valence-electron chi connectivity index (χ3n) is 6.82. The van der Waals surface area contributed by atoms with Gasteiger partial charge in [-0.05, 0) is 54.7 Å². The van der Waals surface area contributed by atoms with Gasteiger partial charge in [-0.1, -0.05) is 40.9 Å². The van der Waals surface area contributed by atoms with Gasteiger partial charge < -0.3 is 18.8 Å². The molecule has 0 amide bonds. The largest absolute Gasteiger partial charge is 0.459 e. The summed E-state index contributed by atoms with van der Waals surface area (Å²) in [6.45, 7) is 21.5. The quantitative estimate of drug-likeness (QED) is 0.340. The molecular weight excluding hydrogens is 434 g/mol. The predicted octanol–water partition coefficient (Wildman–Crippen LogP) is 4.65. The predicted molar refractivity (Wildman–Crippen MR) is 130 cm³/mol. The molecule has 1 saturated heterocycles. The Bertz CT molecular complexity index is 1130. The average molecular weight is 470 g/mol. The van der Waals surface area contributed by atoms with Crippen molar-refractivity contribution in [2.45, 2.75) is 54.4 Å². The number of rotatable bonds is 6. The molecule has 0 aliphatic carbocycles. The fourth-order valence-electron chi connectivity index (χ4n) is 4.43. The summed E-state index contributed by atoms with van der Waals surface area (Å²) in [6, 6.07) is 1.52. The minimum absolute atomic E-state index is 0.0595. The van der Waals surface area contributed by atoms with Crippen molar-refractivity contribution in [2.24, 2.45) is 10.8 Å². The Labute approximate surface area is 201 Å². The molecule has 0 atom stereocenters. The lowest BCUT2D eigenvalue weighted by molar-refractivity contribution is -0.140. The van der Waals surface area contributed by atoms with E-state index in [0.717, 1.165) is 42.8 Å². The van der Waals surface area contributed by atoms with Crippen LogP contribution in [-0.4, -0.2) is 43.1 Å². The first-order valence-electron chi connectivity index (χ1n) is 11.6. The summed E-state index contributed by atoms with van der Waals surface area (Å²) >= 11 is 0. The number of fused-ring (bicyclic) bond motifs is 1. The molecule has 0 spiro atoms. The number of piperidine rings is 1. The number of esters is 2. The van der Waals surface area contributed by atoms with E-state index in [1.807, 2.05) is 6.92 Å². The molecule has 1 aromatic heterocycles. The van der Waals surface area contributed by atoms with Crippen LogP contribution < -0.4 is 5.63 Å². The molecule has 0 aromatic carbocycles. The third kappa shape index (κ3) is 4.88. The number of nitrogens with zero attached hydrogens (tertiary/aromatic N) is 1. The Morgan fingerprint density at radius 2 is 1.68 bits per heavy atom. The molecule has 0 radical (unpaired) electrons. The summed E-state index contributed by atoms with van der Waals surface area (Å²) in [6.07, 6.45) is 1.92. The molecule has 7 nitrogen and oxygen atoms in total. The minimum Gasteiger partial charge on any atom is -0.459 e. The fourth-order valence-corrected chi connectivity index (χ4v) is 4.43. The summed E-state index contributed by atoms with van der Waals surface area (Å²) in [5.41, 5.74) is 2.73. The van der Waals surface area contributed by atoms with Crippen LogP contribution in [0.4, 0.5) is 0 Å². The topological polar surface area (TPSA) is 86.1 Å². The molecule has 2 aliphatic rings. The monoisotopic (exact) mass is 469 g/mol. The lowest BCUT2D eigenvalue weighted by atomic mass is 9.68.